The van der Waals surface area contributed by atoms with E-state index in [1.54, 1.807) is 6.07 Å². The Morgan fingerprint density at radius 2 is 1.91 bits per heavy atom. The van der Waals surface area contributed by atoms with Crippen molar-refractivity contribution in [1.82, 2.24) is 25.1 Å². The van der Waals surface area contributed by atoms with Crippen LogP contribution in [-0.4, -0.2) is 39.2 Å². The highest BCUT2D eigenvalue weighted by Crippen LogP contribution is 2.29. The third kappa shape index (κ3) is 4.36. The summed E-state index contributed by atoms with van der Waals surface area (Å²) < 4.78 is 13.8. The predicted octanol–water partition coefficient (Wildman–Crippen LogP) is 4.51. The van der Waals surface area contributed by atoms with Gasteiger partial charge in [0.25, 0.3) is 0 Å². The molecule has 6 nitrogen and oxygen atoms in total. The van der Waals surface area contributed by atoms with Crippen LogP contribution in [0.1, 0.15) is 12.5 Å². The maximum absolute atomic E-state index is 13.8. The largest absolute Gasteiger partial charge is 0.376 e. The van der Waals surface area contributed by atoms with Crippen LogP contribution in [0, 0.1) is 5.82 Å². The van der Waals surface area contributed by atoms with E-state index in [0.717, 1.165) is 49.6 Å². The molecule has 3 heterocycles. The number of benzene rings is 2. The Kier molecular flexibility index (Phi) is 5.74. The smallest absolute Gasteiger partial charge is 0.159 e. The number of nitrogens with one attached hydrogen (secondary N) is 2. The molecular formula is C28H25FN6. The molecule has 0 fully saturated rings. The minimum atomic E-state index is -0.282. The summed E-state index contributed by atoms with van der Waals surface area (Å²) in [7, 11) is 3.98. The van der Waals surface area contributed by atoms with Gasteiger partial charge < -0.3 is 9.88 Å². The number of para-hydroxylation sites is 1. The van der Waals surface area contributed by atoms with Gasteiger partial charge in [0, 0.05) is 31.1 Å². The third-order valence-corrected chi connectivity index (χ3v) is 5.97. The van der Waals surface area contributed by atoms with E-state index >= 15 is 0 Å². The average Bonchev–Trinajstić information content (AvgIpc) is 3.45. The highest BCUT2D eigenvalue weighted by molar-refractivity contribution is 5.93. The molecule has 0 spiro atoms. The number of hydrogen-bond acceptors (Lipinski definition) is 4. The maximum atomic E-state index is 13.8. The van der Waals surface area contributed by atoms with Crippen molar-refractivity contribution in [3.63, 3.8) is 0 Å². The number of allylic oxidation sites excluding steroid dienone is 2. The van der Waals surface area contributed by atoms with Gasteiger partial charge in [-0.1, -0.05) is 36.9 Å². The zero-order valence-corrected chi connectivity index (χ0v) is 19.8. The fourth-order valence-electron chi connectivity index (χ4n) is 3.94. The molecule has 2 N–H and O–H groups in total. The third-order valence-electron chi connectivity index (χ3n) is 5.97. The summed E-state index contributed by atoms with van der Waals surface area (Å²) in [4.78, 5) is 14.5. The molecule has 0 aliphatic heterocycles. The summed E-state index contributed by atoms with van der Waals surface area (Å²) in [5.74, 6) is 0.323. The van der Waals surface area contributed by atoms with E-state index in [1.807, 2.05) is 74.7 Å². The normalized spacial score (nSPS) is 12.5. The molecule has 0 saturated heterocycles. The number of pyridine rings is 1. The summed E-state index contributed by atoms with van der Waals surface area (Å²) in [5, 5.41) is 9.06. The number of hydrogen-bond donors (Lipinski definition) is 2. The van der Waals surface area contributed by atoms with Crippen molar-refractivity contribution >= 4 is 34.9 Å². The molecule has 0 aliphatic rings. The van der Waals surface area contributed by atoms with Crippen LogP contribution in [0.5, 0.6) is 0 Å². The Morgan fingerprint density at radius 1 is 1.09 bits per heavy atom. The van der Waals surface area contributed by atoms with Crippen LogP contribution < -0.4 is 15.5 Å². The first-order chi connectivity index (χ1) is 16.9. The number of halogens is 1. The van der Waals surface area contributed by atoms with Gasteiger partial charge in [-0.25, -0.2) is 9.37 Å². The van der Waals surface area contributed by atoms with E-state index in [2.05, 4.69) is 32.8 Å². The lowest BCUT2D eigenvalue weighted by molar-refractivity contribution is 0.628. The Bertz CT molecular complexity index is 1680. The van der Waals surface area contributed by atoms with Crippen molar-refractivity contribution in [1.29, 1.82) is 0 Å². The molecule has 0 saturated carbocycles. The number of anilines is 1. The summed E-state index contributed by atoms with van der Waals surface area (Å²) in [6.45, 7) is 6.27. The van der Waals surface area contributed by atoms with Crippen LogP contribution in [0.25, 0.3) is 51.9 Å². The Morgan fingerprint density at radius 3 is 2.71 bits per heavy atom. The predicted molar refractivity (Wildman–Crippen MR) is 141 cm³/mol. The molecule has 0 amide bonds. The molecule has 5 rings (SSSR count). The molecule has 2 aromatic carbocycles. The number of imidazole rings is 1. The van der Waals surface area contributed by atoms with Crippen molar-refractivity contribution < 1.29 is 4.39 Å². The van der Waals surface area contributed by atoms with Crippen molar-refractivity contribution in [3.05, 3.63) is 88.9 Å². The summed E-state index contributed by atoms with van der Waals surface area (Å²) in [6, 6.07) is 14.4. The molecule has 35 heavy (non-hydrogen) atoms. The quantitative estimate of drug-likeness (QED) is 0.401. The molecule has 174 valence electrons. The second-order valence-electron chi connectivity index (χ2n) is 8.60. The van der Waals surface area contributed by atoms with Crippen LogP contribution in [0.15, 0.2) is 67.0 Å². The fourth-order valence-corrected chi connectivity index (χ4v) is 3.94. The van der Waals surface area contributed by atoms with E-state index in [4.69, 9.17) is 4.98 Å². The number of rotatable bonds is 5. The SMILES string of the molecule is C=c1c(-c2nc3c(-c4cccc(F)c4)cccc3[nH]2)n[nH]/c1=C/C=C(\C)c1cncc(N(C)C)c1. The van der Waals surface area contributed by atoms with Crippen LogP contribution in [0.4, 0.5) is 10.1 Å². The minimum absolute atomic E-state index is 0.282. The summed E-state index contributed by atoms with van der Waals surface area (Å²) >= 11 is 0. The van der Waals surface area contributed by atoms with Gasteiger partial charge in [-0.2, -0.15) is 5.10 Å². The molecule has 5 aromatic rings. The molecule has 0 radical (unpaired) electrons. The highest BCUT2D eigenvalue weighted by Gasteiger charge is 2.13. The molecule has 0 bridgehead atoms. The van der Waals surface area contributed by atoms with Gasteiger partial charge in [-0.15, -0.1) is 0 Å². The zero-order chi connectivity index (χ0) is 24.5. The average molecular weight is 465 g/mol. The topological polar surface area (TPSA) is 73.5 Å². The van der Waals surface area contributed by atoms with Crippen LogP contribution in [-0.2, 0) is 0 Å². The monoisotopic (exact) mass is 464 g/mol. The lowest BCUT2D eigenvalue weighted by Crippen LogP contribution is -2.21. The number of nitrogens with zero attached hydrogens (tertiary/aromatic N) is 4. The first-order valence-corrected chi connectivity index (χ1v) is 11.2. The van der Waals surface area contributed by atoms with Crippen molar-refractivity contribution in [3.8, 4) is 22.6 Å². The van der Waals surface area contributed by atoms with E-state index in [1.165, 1.54) is 12.1 Å². The van der Waals surface area contributed by atoms with E-state index in [0.29, 0.717) is 11.5 Å². The molecule has 3 aromatic heterocycles. The molecule has 7 heteroatoms. The molecule has 0 atom stereocenters. The van der Waals surface area contributed by atoms with E-state index in [-0.39, 0.29) is 5.82 Å². The first-order valence-electron chi connectivity index (χ1n) is 11.2. The summed E-state index contributed by atoms with van der Waals surface area (Å²) in [6.07, 6.45) is 7.66. The maximum Gasteiger partial charge on any atom is 0.159 e. The lowest BCUT2D eigenvalue weighted by Gasteiger charge is -2.12. The van der Waals surface area contributed by atoms with Gasteiger partial charge in [0.2, 0.25) is 0 Å². The van der Waals surface area contributed by atoms with Gasteiger partial charge in [0.05, 0.1) is 28.3 Å². The van der Waals surface area contributed by atoms with Gasteiger partial charge in [-0.05, 0) is 54.0 Å². The van der Waals surface area contributed by atoms with Crippen molar-refractivity contribution in [2.24, 2.45) is 0 Å². The molecular weight excluding hydrogens is 439 g/mol. The summed E-state index contributed by atoms with van der Waals surface area (Å²) in [5.41, 5.74) is 7.01. The van der Waals surface area contributed by atoms with Gasteiger partial charge in [0.15, 0.2) is 5.82 Å². The van der Waals surface area contributed by atoms with Crippen LogP contribution >= 0.6 is 0 Å². The van der Waals surface area contributed by atoms with Crippen molar-refractivity contribution in [2.45, 2.75) is 6.92 Å². The van der Waals surface area contributed by atoms with E-state index in [9.17, 15) is 4.39 Å². The molecule has 0 aliphatic carbocycles. The standard InChI is InChI=1S/C28H25FN6/c1-17(20-14-22(35(3)4)16-30-15-20)11-12-24-18(2)26(34-33-24)28-31-25-10-6-9-23(27(25)32-28)19-7-5-8-21(29)13-19/h5-16,33H,2H2,1,3-4H3,(H,31,32)/b17-11+,24-12+. The number of aromatic amines is 2. The van der Waals surface area contributed by atoms with Gasteiger partial charge >= 0.3 is 0 Å². The highest BCUT2D eigenvalue weighted by atomic mass is 19.1. The van der Waals surface area contributed by atoms with Crippen LogP contribution in [0.3, 0.4) is 0 Å². The lowest BCUT2D eigenvalue weighted by atomic mass is 10.0. The van der Waals surface area contributed by atoms with Gasteiger partial charge in [-0.3, -0.25) is 10.1 Å². The fraction of sp³-hybridized carbons (Fsp3) is 0.107. The van der Waals surface area contributed by atoms with Crippen LogP contribution in [0.2, 0.25) is 0 Å². The van der Waals surface area contributed by atoms with Gasteiger partial charge in [0.1, 0.15) is 11.5 Å². The first kappa shape index (κ1) is 22.3. The number of aromatic nitrogens is 5. The zero-order valence-electron chi connectivity index (χ0n) is 19.8. The number of H-pyrrole nitrogens is 2. The Balaban J connectivity index is 1.51. The Hall–Kier alpha value is -4.52. The minimum Gasteiger partial charge on any atom is -0.376 e. The van der Waals surface area contributed by atoms with Crippen molar-refractivity contribution in [2.75, 3.05) is 19.0 Å². The Labute approximate surface area is 202 Å². The molecule has 0 unspecified atom stereocenters. The number of fused-ring (bicyclic) bond motifs is 1. The second-order valence-corrected chi connectivity index (χ2v) is 8.60. The second kappa shape index (κ2) is 9.02. The van der Waals surface area contributed by atoms with E-state index < -0.39 is 0 Å².